The van der Waals surface area contributed by atoms with Crippen LogP contribution in [0.2, 0.25) is 0 Å². The molecule has 0 unspecified atom stereocenters. The van der Waals surface area contributed by atoms with Gasteiger partial charge in [-0.2, -0.15) is 0 Å². The molecule has 0 aliphatic rings. The van der Waals surface area contributed by atoms with Crippen LogP contribution in [0.25, 0.3) is 22.3 Å². The highest BCUT2D eigenvalue weighted by molar-refractivity contribution is 5.93. The van der Waals surface area contributed by atoms with Crippen LogP contribution in [0.1, 0.15) is 17.3 Å². The van der Waals surface area contributed by atoms with E-state index in [4.69, 9.17) is 4.74 Å². The molecule has 0 radical (unpaired) electrons. The van der Waals surface area contributed by atoms with Crippen molar-refractivity contribution in [2.24, 2.45) is 0 Å². The number of rotatable bonds is 8. The van der Waals surface area contributed by atoms with Gasteiger partial charge in [0.1, 0.15) is 17.9 Å². The van der Waals surface area contributed by atoms with Gasteiger partial charge < -0.3 is 15.0 Å². The Balaban J connectivity index is 1.43. The molecule has 0 saturated carbocycles. The lowest BCUT2D eigenvalue weighted by molar-refractivity contribution is 0.0946. The molecule has 0 bridgehead atoms. The normalized spacial score (nSPS) is 11.2. The summed E-state index contributed by atoms with van der Waals surface area (Å²) in [4.78, 5) is 45.8. The van der Waals surface area contributed by atoms with Crippen molar-refractivity contribution in [2.75, 3.05) is 13.2 Å². The molecule has 3 N–H and O–H groups in total. The highest BCUT2D eigenvalue weighted by atomic mass is 16.5. The average molecular weight is 445 g/mol. The molecule has 0 fully saturated rings. The number of fused-ring (bicyclic) bond motifs is 1. The molecule has 9 heteroatoms. The van der Waals surface area contributed by atoms with Gasteiger partial charge in [0, 0.05) is 24.6 Å². The maximum atomic E-state index is 12.2. The topological polar surface area (TPSA) is 122 Å². The number of pyridine rings is 1. The molecule has 0 aliphatic carbocycles. The summed E-state index contributed by atoms with van der Waals surface area (Å²) in [5.41, 5.74) is 2.04. The maximum absolute atomic E-state index is 12.2. The largest absolute Gasteiger partial charge is 0.492 e. The molecule has 0 saturated heterocycles. The second-order valence-electron chi connectivity index (χ2n) is 7.25. The van der Waals surface area contributed by atoms with Crippen LogP contribution in [-0.2, 0) is 6.54 Å². The summed E-state index contributed by atoms with van der Waals surface area (Å²) < 4.78 is 7.20. The van der Waals surface area contributed by atoms with E-state index in [1.807, 2.05) is 31.2 Å². The second kappa shape index (κ2) is 9.82. The van der Waals surface area contributed by atoms with E-state index in [-0.39, 0.29) is 5.91 Å². The molecule has 3 heterocycles. The Morgan fingerprint density at radius 2 is 2.00 bits per heavy atom. The Morgan fingerprint density at radius 3 is 2.73 bits per heavy atom. The molecule has 4 aromatic rings. The van der Waals surface area contributed by atoms with Crippen molar-refractivity contribution in [1.29, 1.82) is 0 Å². The quantitative estimate of drug-likeness (QED) is 0.284. The number of H-pyrrole nitrogens is 2. The summed E-state index contributed by atoms with van der Waals surface area (Å²) in [5, 5.41) is 2.78. The summed E-state index contributed by atoms with van der Waals surface area (Å²) in [6, 6.07) is 12.5. The fraction of sp³-hybridized carbons (Fsp3) is 0.167. The lowest BCUT2D eigenvalue weighted by atomic mass is 10.1. The molecular formula is C24H23N5O4. The number of carbonyl (C=O) groups is 1. The van der Waals surface area contributed by atoms with Crippen LogP contribution >= 0.6 is 0 Å². The minimum Gasteiger partial charge on any atom is -0.492 e. The summed E-state index contributed by atoms with van der Waals surface area (Å²) in [6.45, 7) is 2.90. The smallest absolute Gasteiger partial charge is 0.329 e. The van der Waals surface area contributed by atoms with Gasteiger partial charge in [-0.3, -0.25) is 24.1 Å². The molecule has 0 spiro atoms. The van der Waals surface area contributed by atoms with Gasteiger partial charge in [-0.25, -0.2) is 4.79 Å². The van der Waals surface area contributed by atoms with Gasteiger partial charge in [0.25, 0.3) is 11.5 Å². The minimum absolute atomic E-state index is 0.205. The van der Waals surface area contributed by atoms with Crippen LogP contribution in [0.15, 0.2) is 76.6 Å². The van der Waals surface area contributed by atoms with Gasteiger partial charge in [0.15, 0.2) is 0 Å². The van der Waals surface area contributed by atoms with Crippen molar-refractivity contribution in [2.45, 2.75) is 13.5 Å². The number of amides is 1. The van der Waals surface area contributed by atoms with E-state index in [1.54, 1.807) is 36.5 Å². The number of hydrogen-bond acceptors (Lipinski definition) is 5. The Hall–Kier alpha value is -4.40. The van der Waals surface area contributed by atoms with Gasteiger partial charge in [0.2, 0.25) is 0 Å². The second-order valence-corrected chi connectivity index (χ2v) is 7.25. The van der Waals surface area contributed by atoms with Gasteiger partial charge in [-0.15, -0.1) is 0 Å². The highest BCUT2D eigenvalue weighted by Crippen LogP contribution is 2.24. The number of hydrogen-bond donors (Lipinski definition) is 3. The molecule has 1 aromatic carbocycles. The van der Waals surface area contributed by atoms with Crippen LogP contribution in [0.3, 0.4) is 0 Å². The number of benzene rings is 1. The minimum atomic E-state index is -0.453. The third-order valence-corrected chi connectivity index (χ3v) is 5.05. The molecule has 168 valence electrons. The van der Waals surface area contributed by atoms with Crippen molar-refractivity contribution < 1.29 is 9.53 Å². The third kappa shape index (κ3) is 4.93. The van der Waals surface area contributed by atoms with Crippen LogP contribution in [0, 0.1) is 0 Å². The standard InChI is InChI=1S/C24H23N5O4/c1-2-3-12-29-20-14-19(27-21(20)23(31)28-24(29)32)16-6-8-18(9-7-16)33-13-11-26-22(30)17-5-4-10-25-15-17/h2-10,14-15,27H,11-13H2,1H3,(H,26,30)(H,28,31,32)/b3-2+. The summed E-state index contributed by atoms with van der Waals surface area (Å²) in [6.07, 6.45) is 6.81. The molecule has 0 atom stereocenters. The number of nitrogens with zero attached hydrogens (tertiary/aromatic N) is 2. The van der Waals surface area contributed by atoms with Gasteiger partial charge in [-0.1, -0.05) is 12.2 Å². The van der Waals surface area contributed by atoms with E-state index in [1.165, 1.54) is 10.8 Å². The first-order valence-corrected chi connectivity index (χ1v) is 10.5. The number of carbonyl (C=O) groups excluding carboxylic acids is 1. The first-order chi connectivity index (χ1) is 16.1. The Morgan fingerprint density at radius 1 is 1.18 bits per heavy atom. The summed E-state index contributed by atoms with van der Waals surface area (Å²) in [7, 11) is 0. The Kier molecular flexibility index (Phi) is 6.49. The fourth-order valence-corrected chi connectivity index (χ4v) is 3.38. The number of aromatic nitrogens is 4. The third-order valence-electron chi connectivity index (χ3n) is 5.05. The molecule has 0 aliphatic heterocycles. The Labute approximate surface area is 188 Å². The Bertz CT molecular complexity index is 1400. The SMILES string of the molecule is C/C=C/Cn1c(=O)[nH]c(=O)c2[nH]c(-c3ccc(OCCNC(=O)c4cccnc4)cc3)cc21. The van der Waals surface area contributed by atoms with Crippen LogP contribution in [0.4, 0.5) is 0 Å². The highest BCUT2D eigenvalue weighted by Gasteiger charge is 2.12. The van der Waals surface area contributed by atoms with Crippen molar-refractivity contribution >= 4 is 16.9 Å². The van der Waals surface area contributed by atoms with Gasteiger partial charge in [-0.05, 0) is 55.0 Å². The maximum Gasteiger partial charge on any atom is 0.329 e. The zero-order chi connectivity index (χ0) is 23.2. The molecule has 4 rings (SSSR count). The van der Waals surface area contributed by atoms with E-state index in [0.29, 0.717) is 47.7 Å². The number of aromatic amines is 2. The average Bonchev–Trinajstić information content (AvgIpc) is 3.28. The predicted octanol–water partition coefficient (Wildman–Crippen LogP) is 2.46. The van der Waals surface area contributed by atoms with E-state index < -0.39 is 11.2 Å². The van der Waals surface area contributed by atoms with Crippen molar-refractivity contribution in [3.05, 3.63) is 93.4 Å². The molecule has 1 amide bonds. The monoisotopic (exact) mass is 445 g/mol. The molecule has 9 nitrogen and oxygen atoms in total. The van der Waals surface area contributed by atoms with Gasteiger partial charge >= 0.3 is 5.69 Å². The lowest BCUT2D eigenvalue weighted by Crippen LogP contribution is -2.29. The van der Waals surface area contributed by atoms with E-state index >= 15 is 0 Å². The van der Waals surface area contributed by atoms with E-state index in [9.17, 15) is 14.4 Å². The number of nitrogens with one attached hydrogen (secondary N) is 3. The first kappa shape index (κ1) is 21.8. The van der Waals surface area contributed by atoms with Crippen molar-refractivity contribution in [3.8, 4) is 17.0 Å². The predicted molar refractivity (Wildman–Crippen MR) is 125 cm³/mol. The van der Waals surface area contributed by atoms with Gasteiger partial charge in [0.05, 0.1) is 17.6 Å². The zero-order valence-corrected chi connectivity index (χ0v) is 18.0. The first-order valence-electron chi connectivity index (χ1n) is 10.5. The van der Waals surface area contributed by atoms with Crippen LogP contribution < -0.4 is 21.3 Å². The molecule has 33 heavy (non-hydrogen) atoms. The number of allylic oxidation sites excluding steroid dienone is 2. The van der Waals surface area contributed by atoms with Crippen LogP contribution in [-0.4, -0.2) is 38.6 Å². The number of ether oxygens (including phenoxy) is 1. The summed E-state index contributed by atoms with van der Waals surface area (Å²) in [5.74, 6) is 0.442. The van der Waals surface area contributed by atoms with E-state index in [2.05, 4.69) is 20.3 Å². The van der Waals surface area contributed by atoms with Crippen LogP contribution in [0.5, 0.6) is 5.75 Å². The lowest BCUT2D eigenvalue weighted by Gasteiger charge is -2.08. The van der Waals surface area contributed by atoms with E-state index in [0.717, 1.165) is 5.56 Å². The summed E-state index contributed by atoms with van der Waals surface area (Å²) >= 11 is 0. The molecule has 3 aromatic heterocycles. The molecular weight excluding hydrogens is 422 g/mol. The van der Waals surface area contributed by atoms with Crippen molar-refractivity contribution in [3.63, 3.8) is 0 Å². The zero-order valence-electron chi connectivity index (χ0n) is 18.0. The van der Waals surface area contributed by atoms with Crippen molar-refractivity contribution in [1.82, 2.24) is 24.8 Å². The fourth-order valence-electron chi connectivity index (χ4n) is 3.38.